The van der Waals surface area contributed by atoms with Crippen LogP contribution >= 0.6 is 0 Å². The zero-order valence-corrected chi connectivity index (χ0v) is 17.6. The van der Waals surface area contributed by atoms with Gasteiger partial charge in [0.15, 0.2) is 0 Å². The molecule has 0 spiro atoms. The first-order valence-electron chi connectivity index (χ1n) is 9.69. The number of hydrazine groups is 1. The molecule has 0 aromatic carbocycles. The second-order valence-electron chi connectivity index (χ2n) is 8.28. The summed E-state index contributed by atoms with van der Waals surface area (Å²) in [6.45, 7) is 8.20. The van der Waals surface area contributed by atoms with Gasteiger partial charge in [-0.25, -0.2) is 5.43 Å². The summed E-state index contributed by atoms with van der Waals surface area (Å²) in [6.07, 6.45) is 2.07. The number of likely N-dealkylation sites (tertiary alicyclic amines) is 1. The highest BCUT2D eigenvalue weighted by Gasteiger charge is 2.30. The lowest BCUT2D eigenvalue weighted by Gasteiger charge is -2.30. The number of carbonyl (C=O) groups is 4. The summed E-state index contributed by atoms with van der Waals surface area (Å²) in [7, 11) is 1.64. The Bertz CT molecular complexity index is 573. The Morgan fingerprint density at radius 1 is 1.00 bits per heavy atom. The third-order valence-electron chi connectivity index (χ3n) is 4.63. The van der Waals surface area contributed by atoms with E-state index in [1.54, 1.807) is 7.05 Å². The summed E-state index contributed by atoms with van der Waals surface area (Å²) in [6, 6.07) is 0. The lowest BCUT2D eigenvalue weighted by molar-refractivity contribution is -0.138. The van der Waals surface area contributed by atoms with Crippen molar-refractivity contribution in [3.8, 4) is 0 Å². The van der Waals surface area contributed by atoms with E-state index >= 15 is 0 Å². The normalized spacial score (nSPS) is 15.1. The Balaban J connectivity index is 2.32. The fraction of sp³-hybridized carbons (Fsp3) is 0.789. The minimum absolute atomic E-state index is 0.0911. The van der Waals surface area contributed by atoms with Gasteiger partial charge in [0, 0.05) is 51.4 Å². The molecule has 1 rings (SSSR count). The number of hydrogen-bond donors (Lipinski definition) is 3. The number of carbonyl (C=O) groups excluding carboxylic acids is 4. The van der Waals surface area contributed by atoms with E-state index in [9.17, 15) is 19.2 Å². The summed E-state index contributed by atoms with van der Waals surface area (Å²) in [4.78, 5) is 48.0. The molecule has 1 saturated heterocycles. The average Bonchev–Trinajstić information content (AvgIpc) is 2.89. The summed E-state index contributed by atoms with van der Waals surface area (Å²) in [5, 5.41) is 2.92. The van der Waals surface area contributed by atoms with E-state index in [2.05, 4.69) is 16.2 Å². The number of rotatable bonds is 12. The van der Waals surface area contributed by atoms with Crippen LogP contribution in [0, 0.1) is 0 Å². The van der Waals surface area contributed by atoms with Crippen molar-refractivity contribution >= 4 is 23.6 Å². The van der Waals surface area contributed by atoms with Crippen LogP contribution in [0.15, 0.2) is 0 Å². The fourth-order valence-corrected chi connectivity index (χ4v) is 2.86. The van der Waals surface area contributed by atoms with Gasteiger partial charge < -0.3 is 10.1 Å². The molecule has 0 atom stereocenters. The van der Waals surface area contributed by atoms with E-state index in [4.69, 9.17) is 4.74 Å². The molecule has 0 unspecified atom stereocenters. The van der Waals surface area contributed by atoms with Gasteiger partial charge in [-0.2, -0.15) is 0 Å². The molecule has 1 fully saturated rings. The molecule has 0 radical (unpaired) electrons. The van der Waals surface area contributed by atoms with E-state index in [1.807, 2.05) is 27.7 Å². The van der Waals surface area contributed by atoms with Crippen molar-refractivity contribution in [2.45, 2.75) is 77.4 Å². The Morgan fingerprint density at radius 3 is 2.18 bits per heavy atom. The van der Waals surface area contributed by atoms with Gasteiger partial charge in [0.1, 0.15) is 0 Å². The van der Waals surface area contributed by atoms with Crippen molar-refractivity contribution in [3.05, 3.63) is 0 Å². The summed E-state index contributed by atoms with van der Waals surface area (Å²) >= 11 is 0. The number of imide groups is 1. The first-order valence-corrected chi connectivity index (χ1v) is 9.69. The topological polar surface area (TPSA) is 117 Å². The Labute approximate surface area is 166 Å². The van der Waals surface area contributed by atoms with Crippen molar-refractivity contribution in [2.24, 2.45) is 0 Å². The number of hydrogen-bond acceptors (Lipinski definition) is 6. The number of amides is 4. The van der Waals surface area contributed by atoms with E-state index in [0.29, 0.717) is 25.9 Å². The van der Waals surface area contributed by atoms with Crippen molar-refractivity contribution in [2.75, 3.05) is 20.2 Å². The third kappa shape index (κ3) is 8.79. The molecule has 3 N–H and O–H groups in total. The molecule has 0 saturated carbocycles. The molecule has 1 heterocycles. The van der Waals surface area contributed by atoms with Gasteiger partial charge in [-0.1, -0.05) is 0 Å². The number of ether oxygens (including phenoxy) is 1. The van der Waals surface area contributed by atoms with E-state index in [0.717, 1.165) is 4.90 Å². The highest BCUT2D eigenvalue weighted by atomic mass is 16.5. The van der Waals surface area contributed by atoms with Crippen LogP contribution < -0.4 is 16.2 Å². The highest BCUT2D eigenvalue weighted by Crippen LogP contribution is 2.19. The molecule has 160 valence electrons. The van der Waals surface area contributed by atoms with Gasteiger partial charge in [-0.15, -0.1) is 0 Å². The summed E-state index contributed by atoms with van der Waals surface area (Å²) < 4.78 is 5.90. The van der Waals surface area contributed by atoms with Gasteiger partial charge in [0.2, 0.25) is 23.6 Å². The van der Waals surface area contributed by atoms with Crippen LogP contribution in [0.4, 0.5) is 0 Å². The molecular formula is C19H34N4O5. The van der Waals surface area contributed by atoms with Crippen molar-refractivity contribution in [1.29, 1.82) is 0 Å². The van der Waals surface area contributed by atoms with Gasteiger partial charge in [0.05, 0.1) is 5.60 Å². The molecular weight excluding hydrogens is 364 g/mol. The largest absolute Gasteiger partial charge is 0.375 e. The monoisotopic (exact) mass is 398 g/mol. The van der Waals surface area contributed by atoms with Crippen LogP contribution in [-0.4, -0.2) is 59.9 Å². The second kappa shape index (κ2) is 10.5. The number of nitrogens with zero attached hydrogens (tertiary/aromatic N) is 1. The summed E-state index contributed by atoms with van der Waals surface area (Å²) in [5.41, 5.74) is 4.17. The molecule has 28 heavy (non-hydrogen) atoms. The molecule has 1 aliphatic heterocycles. The average molecular weight is 399 g/mol. The third-order valence-corrected chi connectivity index (χ3v) is 4.63. The van der Waals surface area contributed by atoms with Gasteiger partial charge in [-0.05, 0) is 40.5 Å². The van der Waals surface area contributed by atoms with Crippen LogP contribution in [0.25, 0.3) is 0 Å². The minimum Gasteiger partial charge on any atom is -0.375 e. The molecule has 0 aromatic heterocycles. The molecule has 0 bridgehead atoms. The molecule has 1 aliphatic rings. The van der Waals surface area contributed by atoms with Crippen LogP contribution in [-0.2, 0) is 23.9 Å². The Morgan fingerprint density at radius 2 is 1.61 bits per heavy atom. The lowest BCUT2D eigenvalue weighted by Crippen LogP contribution is -2.46. The van der Waals surface area contributed by atoms with Crippen LogP contribution in [0.3, 0.4) is 0 Å². The number of nitrogens with one attached hydrogen (secondary N) is 3. The zero-order chi connectivity index (χ0) is 21.4. The first-order chi connectivity index (χ1) is 13.0. The first kappa shape index (κ1) is 24.0. The van der Waals surface area contributed by atoms with E-state index in [-0.39, 0.29) is 49.4 Å². The predicted octanol–water partition coefficient (Wildman–Crippen LogP) is 0.636. The second-order valence-corrected chi connectivity index (χ2v) is 8.28. The van der Waals surface area contributed by atoms with Crippen molar-refractivity contribution in [3.63, 3.8) is 0 Å². The maximum atomic E-state index is 12.2. The molecule has 4 amide bonds. The van der Waals surface area contributed by atoms with Crippen LogP contribution in [0.2, 0.25) is 0 Å². The fourth-order valence-electron chi connectivity index (χ4n) is 2.86. The van der Waals surface area contributed by atoms with Gasteiger partial charge in [-0.3, -0.25) is 29.5 Å². The van der Waals surface area contributed by atoms with Gasteiger partial charge in [0.25, 0.3) is 0 Å². The predicted molar refractivity (Wildman–Crippen MR) is 104 cm³/mol. The summed E-state index contributed by atoms with van der Waals surface area (Å²) in [5.74, 6) is -0.727. The molecule has 9 heteroatoms. The maximum Gasteiger partial charge on any atom is 0.234 e. The van der Waals surface area contributed by atoms with Crippen LogP contribution in [0.5, 0.6) is 0 Å². The Kier molecular flexibility index (Phi) is 9.03. The standard InChI is InChI=1S/C19H34N4O5/c1-18(2,11-13-28-19(3,4)10-8-15(25)22-20-5)21-14(24)9-12-23-16(26)6-7-17(23)27/h20H,6-13H2,1-5H3,(H,21,24)(H,22,25). The minimum atomic E-state index is -0.490. The molecule has 9 nitrogen and oxygen atoms in total. The van der Waals surface area contributed by atoms with Crippen molar-refractivity contribution in [1.82, 2.24) is 21.1 Å². The zero-order valence-electron chi connectivity index (χ0n) is 17.6. The van der Waals surface area contributed by atoms with Crippen LogP contribution in [0.1, 0.15) is 66.2 Å². The molecule has 0 aliphatic carbocycles. The van der Waals surface area contributed by atoms with Gasteiger partial charge >= 0.3 is 0 Å². The lowest BCUT2D eigenvalue weighted by atomic mass is 9.99. The SMILES string of the molecule is CNNC(=O)CCC(C)(C)OCCC(C)(C)NC(=O)CCN1C(=O)CCC1=O. The van der Waals surface area contributed by atoms with Crippen molar-refractivity contribution < 1.29 is 23.9 Å². The Hall–Kier alpha value is -2.00. The van der Waals surface area contributed by atoms with E-state index < -0.39 is 11.1 Å². The maximum absolute atomic E-state index is 12.2. The highest BCUT2D eigenvalue weighted by molar-refractivity contribution is 6.02. The molecule has 0 aromatic rings. The quantitative estimate of drug-likeness (QED) is 0.328. The van der Waals surface area contributed by atoms with E-state index in [1.165, 1.54) is 0 Å². The smallest absolute Gasteiger partial charge is 0.234 e.